The molecule has 1 aromatic rings. The van der Waals surface area contributed by atoms with Crippen LogP contribution < -0.4 is 0 Å². The van der Waals surface area contributed by atoms with Crippen molar-refractivity contribution in [1.29, 1.82) is 0 Å². The Labute approximate surface area is 93.5 Å². The SMILES string of the molecule is O=C(O)CCN1CC2CCC1c1[nH]cnc12. The van der Waals surface area contributed by atoms with Crippen LogP contribution in [-0.4, -0.2) is 39.0 Å². The Hall–Kier alpha value is -1.36. The zero-order chi connectivity index (χ0) is 11.1. The fraction of sp³-hybridized carbons (Fsp3) is 0.636. The second-order valence-corrected chi connectivity index (χ2v) is 4.63. The molecule has 3 aliphatic rings. The number of carboxylic acids is 1. The third-order valence-electron chi connectivity index (χ3n) is 3.72. The van der Waals surface area contributed by atoms with Crippen LogP contribution in [0.4, 0.5) is 0 Å². The van der Waals surface area contributed by atoms with E-state index in [0.717, 1.165) is 13.0 Å². The molecule has 1 saturated heterocycles. The third kappa shape index (κ3) is 1.43. The third-order valence-corrected chi connectivity index (χ3v) is 3.72. The molecule has 0 spiro atoms. The molecule has 0 amide bonds. The Morgan fingerprint density at radius 1 is 1.62 bits per heavy atom. The van der Waals surface area contributed by atoms with Gasteiger partial charge in [0.1, 0.15) is 0 Å². The number of aromatic amines is 1. The number of H-pyrrole nitrogens is 1. The molecule has 2 bridgehead atoms. The van der Waals surface area contributed by atoms with Crippen LogP contribution in [0.2, 0.25) is 0 Å². The van der Waals surface area contributed by atoms with Gasteiger partial charge in [0, 0.05) is 19.0 Å². The molecule has 1 aromatic heterocycles. The largest absolute Gasteiger partial charge is 0.481 e. The second kappa shape index (κ2) is 3.59. The molecule has 5 nitrogen and oxygen atoms in total. The van der Waals surface area contributed by atoms with E-state index in [0.29, 0.717) is 18.5 Å². The van der Waals surface area contributed by atoms with Crippen LogP contribution in [0.25, 0.3) is 0 Å². The van der Waals surface area contributed by atoms with Crippen molar-refractivity contribution < 1.29 is 9.90 Å². The maximum Gasteiger partial charge on any atom is 0.304 e. The van der Waals surface area contributed by atoms with Gasteiger partial charge >= 0.3 is 5.97 Å². The van der Waals surface area contributed by atoms with E-state index >= 15 is 0 Å². The van der Waals surface area contributed by atoms with E-state index in [-0.39, 0.29) is 6.42 Å². The lowest BCUT2D eigenvalue weighted by atomic mass is 9.80. The van der Waals surface area contributed by atoms with Crippen molar-refractivity contribution in [3.05, 3.63) is 17.7 Å². The summed E-state index contributed by atoms with van der Waals surface area (Å²) in [5, 5.41) is 8.72. The van der Waals surface area contributed by atoms with E-state index in [2.05, 4.69) is 14.9 Å². The maximum absolute atomic E-state index is 10.6. The van der Waals surface area contributed by atoms with Crippen LogP contribution in [0, 0.1) is 0 Å². The number of nitrogens with one attached hydrogen (secondary N) is 1. The molecule has 2 aliphatic heterocycles. The van der Waals surface area contributed by atoms with E-state index < -0.39 is 5.97 Å². The number of rotatable bonds is 3. The van der Waals surface area contributed by atoms with Crippen molar-refractivity contribution in [2.75, 3.05) is 13.1 Å². The molecule has 1 fully saturated rings. The first kappa shape index (κ1) is 9.84. The Bertz CT molecular complexity index is 415. The Balaban J connectivity index is 1.79. The number of hydrogen-bond donors (Lipinski definition) is 2. The van der Waals surface area contributed by atoms with Gasteiger partial charge in [-0.2, -0.15) is 0 Å². The predicted octanol–water partition coefficient (Wildman–Crippen LogP) is 1.12. The number of hydrogen-bond acceptors (Lipinski definition) is 3. The van der Waals surface area contributed by atoms with Crippen LogP contribution in [-0.2, 0) is 4.79 Å². The molecule has 86 valence electrons. The van der Waals surface area contributed by atoms with E-state index in [1.807, 2.05) is 0 Å². The highest BCUT2D eigenvalue weighted by molar-refractivity contribution is 5.66. The molecule has 2 atom stereocenters. The first-order valence-corrected chi connectivity index (χ1v) is 5.74. The lowest BCUT2D eigenvalue weighted by molar-refractivity contribution is -0.137. The first-order chi connectivity index (χ1) is 7.75. The van der Waals surface area contributed by atoms with Crippen LogP contribution >= 0.6 is 0 Å². The average molecular weight is 221 g/mol. The van der Waals surface area contributed by atoms with Crippen LogP contribution in [0.15, 0.2) is 6.33 Å². The van der Waals surface area contributed by atoms with Crippen LogP contribution in [0.3, 0.4) is 0 Å². The van der Waals surface area contributed by atoms with Crippen molar-refractivity contribution >= 4 is 5.97 Å². The minimum Gasteiger partial charge on any atom is -0.481 e. The zero-order valence-electron chi connectivity index (χ0n) is 9.02. The van der Waals surface area contributed by atoms with Crippen LogP contribution in [0.5, 0.6) is 0 Å². The number of nitrogens with zero attached hydrogens (tertiary/aromatic N) is 2. The lowest BCUT2D eigenvalue weighted by Gasteiger charge is -2.44. The van der Waals surface area contributed by atoms with E-state index in [9.17, 15) is 4.79 Å². The number of aromatic nitrogens is 2. The normalized spacial score (nSPS) is 28.0. The minimum absolute atomic E-state index is 0.229. The van der Waals surface area contributed by atoms with E-state index in [1.165, 1.54) is 17.8 Å². The molecule has 16 heavy (non-hydrogen) atoms. The quantitative estimate of drug-likeness (QED) is 0.802. The standard InChI is InChI=1S/C11H15N3O2/c15-9(16)3-4-14-5-7-1-2-8(14)11-10(7)12-6-13-11/h6-8H,1-5H2,(H,12,13)(H,15,16). The van der Waals surface area contributed by atoms with Gasteiger partial charge in [0.2, 0.25) is 0 Å². The van der Waals surface area contributed by atoms with Gasteiger partial charge in [-0.05, 0) is 12.8 Å². The Kier molecular flexibility index (Phi) is 2.21. The Morgan fingerprint density at radius 3 is 3.31 bits per heavy atom. The Morgan fingerprint density at radius 2 is 2.50 bits per heavy atom. The summed E-state index contributed by atoms with van der Waals surface area (Å²) >= 11 is 0. The van der Waals surface area contributed by atoms with Gasteiger partial charge in [-0.15, -0.1) is 0 Å². The maximum atomic E-state index is 10.6. The highest BCUT2D eigenvalue weighted by Crippen LogP contribution is 2.44. The van der Waals surface area contributed by atoms with Gasteiger partial charge in [-0.25, -0.2) is 4.98 Å². The predicted molar refractivity (Wildman–Crippen MR) is 57.1 cm³/mol. The monoisotopic (exact) mass is 221 g/mol. The number of carbonyl (C=O) groups is 1. The zero-order valence-corrected chi connectivity index (χ0v) is 9.02. The van der Waals surface area contributed by atoms with Gasteiger partial charge in [0.05, 0.1) is 30.2 Å². The lowest BCUT2D eigenvalue weighted by Crippen LogP contribution is -2.43. The first-order valence-electron chi connectivity index (χ1n) is 5.74. The number of fused-ring (bicyclic) bond motifs is 2. The summed E-state index contributed by atoms with van der Waals surface area (Å²) in [6, 6.07) is 0.363. The molecule has 5 heteroatoms. The van der Waals surface area contributed by atoms with Gasteiger partial charge < -0.3 is 10.1 Å². The summed E-state index contributed by atoms with van der Waals surface area (Å²) in [6.07, 6.45) is 4.30. The summed E-state index contributed by atoms with van der Waals surface area (Å²) in [6.45, 7) is 1.62. The molecule has 3 heterocycles. The number of piperidine rings is 1. The van der Waals surface area contributed by atoms with E-state index in [1.54, 1.807) is 6.33 Å². The van der Waals surface area contributed by atoms with Crippen molar-refractivity contribution in [1.82, 2.24) is 14.9 Å². The smallest absolute Gasteiger partial charge is 0.304 e. The minimum atomic E-state index is -0.716. The summed E-state index contributed by atoms with van der Waals surface area (Å²) in [5.41, 5.74) is 2.43. The molecule has 1 aliphatic carbocycles. The molecule has 0 saturated carbocycles. The van der Waals surface area contributed by atoms with Gasteiger partial charge in [-0.1, -0.05) is 0 Å². The molecule has 4 rings (SSSR count). The van der Waals surface area contributed by atoms with Gasteiger partial charge in [0.15, 0.2) is 0 Å². The fourth-order valence-corrected chi connectivity index (χ4v) is 2.99. The molecule has 2 N–H and O–H groups in total. The summed E-state index contributed by atoms with van der Waals surface area (Å²) in [4.78, 5) is 20.5. The van der Waals surface area contributed by atoms with Crippen molar-refractivity contribution in [3.8, 4) is 0 Å². The highest BCUT2D eigenvalue weighted by atomic mass is 16.4. The van der Waals surface area contributed by atoms with Crippen molar-refractivity contribution in [2.24, 2.45) is 0 Å². The summed E-state index contributed by atoms with van der Waals surface area (Å²) < 4.78 is 0. The van der Waals surface area contributed by atoms with E-state index in [4.69, 9.17) is 5.11 Å². The average Bonchev–Trinajstić information content (AvgIpc) is 2.77. The summed E-state index contributed by atoms with van der Waals surface area (Å²) in [7, 11) is 0. The van der Waals surface area contributed by atoms with Crippen molar-refractivity contribution in [3.63, 3.8) is 0 Å². The van der Waals surface area contributed by atoms with Crippen molar-refractivity contribution in [2.45, 2.75) is 31.2 Å². The fourth-order valence-electron chi connectivity index (χ4n) is 2.99. The van der Waals surface area contributed by atoms with Crippen LogP contribution in [0.1, 0.15) is 42.6 Å². The number of imidazole rings is 1. The molecule has 2 unspecified atom stereocenters. The highest BCUT2D eigenvalue weighted by Gasteiger charge is 2.39. The molecular formula is C11H15N3O2. The van der Waals surface area contributed by atoms with Gasteiger partial charge in [-0.3, -0.25) is 9.69 Å². The number of aliphatic carboxylic acids is 1. The molecular weight excluding hydrogens is 206 g/mol. The topological polar surface area (TPSA) is 69.2 Å². The number of carboxylic acid groups (broad SMARTS) is 1. The summed E-state index contributed by atoms with van der Waals surface area (Å²) in [5.74, 6) is -0.216. The second-order valence-electron chi connectivity index (χ2n) is 4.63. The molecule has 0 radical (unpaired) electrons. The molecule has 0 aromatic carbocycles. The van der Waals surface area contributed by atoms with Gasteiger partial charge in [0.25, 0.3) is 0 Å².